The Hall–Kier alpha value is -3.88. The SMILES string of the molecule is CC(=O)Nc1ccc(NC(=O)C2(C)Cc3c(-c4cccc(C(F)(F)F)c4)ccnc3O2)cc1. The predicted molar refractivity (Wildman–Crippen MR) is 117 cm³/mol. The Bertz CT molecular complexity index is 1230. The van der Waals surface area contributed by atoms with Crippen LogP contribution >= 0.6 is 0 Å². The van der Waals surface area contributed by atoms with Gasteiger partial charge in [0.2, 0.25) is 11.8 Å². The first-order valence-corrected chi connectivity index (χ1v) is 10.1. The number of alkyl halides is 3. The van der Waals surface area contributed by atoms with Crippen LogP contribution in [0.3, 0.4) is 0 Å². The lowest BCUT2D eigenvalue weighted by Gasteiger charge is -2.22. The number of carbonyl (C=O) groups is 2. The Labute approximate surface area is 187 Å². The molecule has 170 valence electrons. The summed E-state index contributed by atoms with van der Waals surface area (Å²) >= 11 is 0. The minimum atomic E-state index is -4.47. The standard InChI is InChI=1S/C24H20F3N3O3/c1-14(31)29-17-6-8-18(9-7-17)30-22(32)23(2)13-20-19(10-11-28-21(20)33-23)15-4-3-5-16(12-15)24(25,26)27/h3-12H,13H2,1-2H3,(H,29,31)(H,30,32). The van der Waals surface area contributed by atoms with E-state index in [2.05, 4.69) is 15.6 Å². The van der Waals surface area contributed by atoms with Crippen LogP contribution in [0.1, 0.15) is 25.0 Å². The molecule has 0 bridgehead atoms. The first kappa shape index (κ1) is 22.3. The molecule has 2 N–H and O–H groups in total. The average Bonchev–Trinajstić information content (AvgIpc) is 3.12. The van der Waals surface area contributed by atoms with E-state index in [1.54, 1.807) is 43.3 Å². The van der Waals surface area contributed by atoms with Crippen molar-refractivity contribution in [2.45, 2.75) is 32.0 Å². The third kappa shape index (κ3) is 4.67. The van der Waals surface area contributed by atoms with Gasteiger partial charge in [0.25, 0.3) is 5.91 Å². The molecule has 0 spiro atoms. The summed E-state index contributed by atoms with van der Waals surface area (Å²) in [4.78, 5) is 28.3. The molecule has 0 radical (unpaired) electrons. The van der Waals surface area contributed by atoms with E-state index in [4.69, 9.17) is 4.74 Å². The van der Waals surface area contributed by atoms with Gasteiger partial charge in [-0.2, -0.15) is 13.2 Å². The van der Waals surface area contributed by atoms with Crippen LogP contribution in [-0.2, 0) is 22.2 Å². The van der Waals surface area contributed by atoms with Gasteiger partial charge in [-0.05, 0) is 60.5 Å². The summed E-state index contributed by atoms with van der Waals surface area (Å²) < 4.78 is 45.4. The number of nitrogens with zero attached hydrogens (tertiary/aromatic N) is 1. The Kier molecular flexibility index (Phi) is 5.57. The van der Waals surface area contributed by atoms with Crippen molar-refractivity contribution in [3.05, 3.63) is 71.9 Å². The van der Waals surface area contributed by atoms with E-state index in [-0.39, 0.29) is 18.2 Å². The fraction of sp³-hybridized carbons (Fsp3) is 0.208. The van der Waals surface area contributed by atoms with E-state index in [0.29, 0.717) is 28.1 Å². The molecule has 6 nitrogen and oxygen atoms in total. The molecule has 33 heavy (non-hydrogen) atoms. The monoisotopic (exact) mass is 455 g/mol. The van der Waals surface area contributed by atoms with Crippen molar-refractivity contribution in [2.75, 3.05) is 10.6 Å². The van der Waals surface area contributed by atoms with Crippen molar-refractivity contribution in [2.24, 2.45) is 0 Å². The van der Waals surface area contributed by atoms with Gasteiger partial charge in [-0.15, -0.1) is 0 Å². The summed E-state index contributed by atoms with van der Waals surface area (Å²) in [6.45, 7) is 3.00. The maximum absolute atomic E-state index is 13.2. The quantitative estimate of drug-likeness (QED) is 0.577. The third-order valence-electron chi connectivity index (χ3n) is 5.30. The number of ether oxygens (including phenoxy) is 1. The molecular weight excluding hydrogens is 435 g/mol. The van der Waals surface area contributed by atoms with Crippen LogP contribution in [0.2, 0.25) is 0 Å². The third-order valence-corrected chi connectivity index (χ3v) is 5.30. The van der Waals surface area contributed by atoms with Gasteiger partial charge in [-0.1, -0.05) is 12.1 Å². The highest BCUT2D eigenvalue weighted by molar-refractivity contribution is 5.98. The lowest BCUT2D eigenvalue weighted by Crippen LogP contribution is -2.44. The van der Waals surface area contributed by atoms with E-state index < -0.39 is 23.2 Å². The number of pyridine rings is 1. The second-order valence-electron chi connectivity index (χ2n) is 7.94. The average molecular weight is 455 g/mol. The highest BCUT2D eigenvalue weighted by atomic mass is 19.4. The molecule has 0 saturated carbocycles. The Balaban J connectivity index is 1.56. The second kappa shape index (κ2) is 8.23. The predicted octanol–water partition coefficient (Wildman–Crippen LogP) is 5.06. The number of fused-ring (bicyclic) bond motifs is 1. The maximum atomic E-state index is 13.2. The van der Waals surface area contributed by atoms with Gasteiger partial charge in [0.15, 0.2) is 5.60 Å². The number of anilines is 2. The van der Waals surface area contributed by atoms with Crippen molar-refractivity contribution in [3.63, 3.8) is 0 Å². The molecule has 1 aliphatic heterocycles. The first-order chi connectivity index (χ1) is 15.5. The number of benzene rings is 2. The number of hydrogen-bond donors (Lipinski definition) is 2. The van der Waals surface area contributed by atoms with Gasteiger partial charge in [-0.3, -0.25) is 9.59 Å². The molecule has 2 heterocycles. The topological polar surface area (TPSA) is 80.3 Å². The molecule has 4 rings (SSSR count). The van der Waals surface area contributed by atoms with Gasteiger partial charge >= 0.3 is 6.18 Å². The lowest BCUT2D eigenvalue weighted by atomic mass is 9.92. The number of carbonyl (C=O) groups excluding carboxylic acids is 2. The van der Waals surface area contributed by atoms with Crippen LogP contribution in [0, 0.1) is 0 Å². The molecule has 1 aromatic heterocycles. The molecule has 0 aliphatic carbocycles. The summed E-state index contributed by atoms with van der Waals surface area (Å²) in [6, 6.07) is 13.2. The van der Waals surface area contributed by atoms with Gasteiger partial charge in [-0.25, -0.2) is 4.98 Å². The summed E-state index contributed by atoms with van der Waals surface area (Å²) in [5, 5.41) is 5.41. The van der Waals surface area contributed by atoms with E-state index >= 15 is 0 Å². The summed E-state index contributed by atoms with van der Waals surface area (Å²) in [5.41, 5.74) is 0.492. The zero-order valence-electron chi connectivity index (χ0n) is 17.8. The number of amides is 2. The fourth-order valence-corrected chi connectivity index (χ4v) is 3.68. The molecule has 0 saturated heterocycles. The Morgan fingerprint density at radius 2 is 1.70 bits per heavy atom. The van der Waals surface area contributed by atoms with E-state index in [0.717, 1.165) is 12.1 Å². The molecule has 1 aliphatic rings. The molecule has 9 heteroatoms. The molecule has 1 unspecified atom stereocenters. The van der Waals surface area contributed by atoms with E-state index in [9.17, 15) is 22.8 Å². The zero-order valence-corrected chi connectivity index (χ0v) is 17.8. The van der Waals surface area contributed by atoms with E-state index in [1.165, 1.54) is 19.2 Å². The Morgan fingerprint density at radius 3 is 2.33 bits per heavy atom. The van der Waals surface area contributed by atoms with Gasteiger partial charge in [0.1, 0.15) is 0 Å². The number of rotatable bonds is 4. The summed E-state index contributed by atoms with van der Waals surface area (Å²) in [5.74, 6) is -0.424. The van der Waals surface area contributed by atoms with Crippen LogP contribution < -0.4 is 15.4 Å². The molecule has 1 atom stereocenters. The summed E-state index contributed by atoms with van der Waals surface area (Å²) in [6.07, 6.45) is -2.89. The normalized spacial score (nSPS) is 17.1. The van der Waals surface area contributed by atoms with Crippen LogP contribution in [-0.4, -0.2) is 22.4 Å². The van der Waals surface area contributed by atoms with Crippen molar-refractivity contribution >= 4 is 23.2 Å². The second-order valence-corrected chi connectivity index (χ2v) is 7.94. The molecule has 3 aromatic rings. The van der Waals surface area contributed by atoms with Crippen LogP contribution in [0.25, 0.3) is 11.1 Å². The van der Waals surface area contributed by atoms with Crippen LogP contribution in [0.15, 0.2) is 60.8 Å². The number of halogens is 3. The number of nitrogens with one attached hydrogen (secondary N) is 2. The minimum Gasteiger partial charge on any atom is -0.461 e. The molecule has 0 fully saturated rings. The van der Waals surface area contributed by atoms with Gasteiger partial charge in [0, 0.05) is 36.5 Å². The van der Waals surface area contributed by atoms with Crippen molar-refractivity contribution in [3.8, 4) is 17.0 Å². The van der Waals surface area contributed by atoms with Gasteiger partial charge < -0.3 is 15.4 Å². The minimum absolute atomic E-state index is 0.136. The molecular formula is C24H20F3N3O3. The number of aromatic nitrogens is 1. The Morgan fingerprint density at radius 1 is 1.03 bits per heavy atom. The maximum Gasteiger partial charge on any atom is 0.416 e. The molecule has 2 aromatic carbocycles. The highest BCUT2D eigenvalue weighted by Crippen LogP contribution is 2.41. The van der Waals surface area contributed by atoms with Crippen molar-refractivity contribution in [1.82, 2.24) is 4.98 Å². The largest absolute Gasteiger partial charge is 0.461 e. The molecule has 2 amide bonds. The van der Waals surface area contributed by atoms with Crippen LogP contribution in [0.4, 0.5) is 24.5 Å². The van der Waals surface area contributed by atoms with Crippen molar-refractivity contribution < 1.29 is 27.5 Å². The summed E-state index contributed by atoms with van der Waals surface area (Å²) in [7, 11) is 0. The lowest BCUT2D eigenvalue weighted by molar-refractivity contribution is -0.137. The van der Waals surface area contributed by atoms with Gasteiger partial charge in [0.05, 0.1) is 5.56 Å². The first-order valence-electron chi connectivity index (χ1n) is 10.1. The van der Waals surface area contributed by atoms with Crippen molar-refractivity contribution in [1.29, 1.82) is 0 Å². The van der Waals surface area contributed by atoms with E-state index in [1.807, 2.05) is 0 Å². The zero-order chi connectivity index (χ0) is 23.8. The number of hydrogen-bond acceptors (Lipinski definition) is 4. The highest BCUT2D eigenvalue weighted by Gasteiger charge is 2.44. The fourth-order valence-electron chi connectivity index (χ4n) is 3.68. The smallest absolute Gasteiger partial charge is 0.416 e. The van der Waals surface area contributed by atoms with Crippen LogP contribution in [0.5, 0.6) is 5.88 Å².